The number of hydrogen-bond donors (Lipinski definition) is 0. The van der Waals surface area contributed by atoms with Crippen LogP contribution in [0.1, 0.15) is 25.7 Å². The number of rotatable bonds is 0. The first-order valence-corrected chi connectivity index (χ1v) is 6.11. The average Bonchev–Trinajstić information content (AvgIpc) is 2.51. The smallest absolute Gasteiger partial charge is 0.316 e. The van der Waals surface area contributed by atoms with Gasteiger partial charge in [-0.05, 0) is 25.7 Å². The second-order valence-electron chi connectivity index (χ2n) is 5.27. The Balaban J connectivity index is 1.90. The van der Waals surface area contributed by atoms with Gasteiger partial charge in [-0.1, -0.05) is 0 Å². The molecule has 6 heteroatoms. The third kappa shape index (κ3) is 1.71. The summed E-state index contributed by atoms with van der Waals surface area (Å²) in [7, 11) is 0. The highest BCUT2D eigenvalue weighted by atomic mass is 16.7. The molecule has 3 rings (SSSR count). The zero-order chi connectivity index (χ0) is 12.8. The third-order valence-electron chi connectivity index (χ3n) is 4.14. The number of ether oxygens (including phenoxy) is 3. The van der Waals surface area contributed by atoms with Gasteiger partial charge in [0, 0.05) is 0 Å². The van der Waals surface area contributed by atoms with Crippen LogP contribution >= 0.6 is 0 Å². The molecule has 0 radical (unpaired) electrons. The van der Waals surface area contributed by atoms with Crippen molar-refractivity contribution in [3.8, 4) is 0 Å². The second kappa shape index (κ2) is 4.05. The minimum absolute atomic E-state index is 0.0473. The highest BCUT2D eigenvalue weighted by Crippen LogP contribution is 2.49. The van der Waals surface area contributed by atoms with Crippen LogP contribution in [0.3, 0.4) is 0 Å². The van der Waals surface area contributed by atoms with E-state index in [4.69, 9.17) is 14.2 Å². The Morgan fingerprint density at radius 2 is 1.72 bits per heavy atom. The maximum atomic E-state index is 12.1. The first-order chi connectivity index (χ1) is 8.61. The lowest BCUT2D eigenvalue weighted by molar-refractivity contribution is -0.182. The Morgan fingerprint density at radius 1 is 1.06 bits per heavy atom. The summed E-state index contributed by atoms with van der Waals surface area (Å²) in [6.45, 7) is 0.364. The van der Waals surface area contributed by atoms with Gasteiger partial charge in [0.2, 0.25) is 0 Å². The lowest BCUT2D eigenvalue weighted by Crippen LogP contribution is -2.48. The molecule has 98 valence electrons. The van der Waals surface area contributed by atoms with E-state index in [0.717, 1.165) is 0 Å². The number of hydrogen-bond acceptors (Lipinski definition) is 6. The minimum atomic E-state index is -0.751. The molecule has 1 saturated carbocycles. The van der Waals surface area contributed by atoms with Crippen molar-refractivity contribution < 1.29 is 28.6 Å². The van der Waals surface area contributed by atoms with E-state index >= 15 is 0 Å². The molecule has 2 bridgehead atoms. The van der Waals surface area contributed by atoms with Crippen LogP contribution in [0.15, 0.2) is 0 Å². The lowest BCUT2D eigenvalue weighted by atomic mass is 9.63. The van der Waals surface area contributed by atoms with Crippen molar-refractivity contribution in [2.75, 3.05) is 13.4 Å². The summed E-state index contributed by atoms with van der Waals surface area (Å²) in [5, 5.41) is 0. The molecule has 0 aromatic heterocycles. The summed E-state index contributed by atoms with van der Waals surface area (Å²) >= 11 is 0. The van der Waals surface area contributed by atoms with Gasteiger partial charge in [0.25, 0.3) is 0 Å². The Hall–Kier alpha value is -1.43. The molecule has 0 N–H and O–H groups in total. The summed E-state index contributed by atoms with van der Waals surface area (Å²) in [5.74, 6) is -2.10. The van der Waals surface area contributed by atoms with Gasteiger partial charge in [-0.25, -0.2) is 0 Å². The molecule has 1 spiro atoms. The van der Waals surface area contributed by atoms with Crippen LogP contribution in [0, 0.1) is 17.3 Å². The Bertz CT molecular complexity index is 393. The lowest BCUT2D eigenvalue weighted by Gasteiger charge is -2.42. The van der Waals surface area contributed by atoms with E-state index in [1.807, 2.05) is 0 Å². The van der Waals surface area contributed by atoms with Gasteiger partial charge in [-0.15, -0.1) is 0 Å². The molecule has 0 aromatic rings. The van der Waals surface area contributed by atoms with Gasteiger partial charge in [-0.3, -0.25) is 14.4 Å². The predicted octanol–water partition coefficient (Wildman–Crippen LogP) is 0.393. The molecule has 0 amide bonds. The van der Waals surface area contributed by atoms with Crippen LogP contribution in [-0.4, -0.2) is 31.3 Å². The fraction of sp³-hybridized carbons (Fsp3) is 0.750. The topological polar surface area (TPSA) is 78.9 Å². The molecule has 2 saturated heterocycles. The van der Waals surface area contributed by atoms with E-state index in [-0.39, 0.29) is 24.6 Å². The molecule has 2 unspecified atom stereocenters. The number of fused-ring (bicyclic) bond motifs is 2. The van der Waals surface area contributed by atoms with Gasteiger partial charge in [0.1, 0.15) is 0 Å². The van der Waals surface area contributed by atoms with E-state index in [1.54, 1.807) is 0 Å². The molecule has 3 aliphatic rings. The SMILES string of the molecule is O=C1OC(=O)C2CC1CC1(CCOCOC1=O)C2. The largest absolute Gasteiger partial charge is 0.438 e. The quantitative estimate of drug-likeness (QED) is 0.459. The van der Waals surface area contributed by atoms with Crippen molar-refractivity contribution >= 4 is 17.9 Å². The Labute approximate surface area is 104 Å². The van der Waals surface area contributed by atoms with Crippen LogP contribution in [-0.2, 0) is 28.6 Å². The fourth-order valence-corrected chi connectivity index (χ4v) is 3.21. The van der Waals surface area contributed by atoms with Crippen LogP contribution < -0.4 is 0 Å². The van der Waals surface area contributed by atoms with Gasteiger partial charge in [-0.2, -0.15) is 0 Å². The zero-order valence-corrected chi connectivity index (χ0v) is 9.85. The molecular formula is C12H14O6. The predicted molar refractivity (Wildman–Crippen MR) is 55.9 cm³/mol. The Morgan fingerprint density at radius 3 is 2.39 bits per heavy atom. The average molecular weight is 254 g/mol. The van der Waals surface area contributed by atoms with Crippen LogP contribution in [0.5, 0.6) is 0 Å². The first-order valence-electron chi connectivity index (χ1n) is 6.11. The molecule has 0 aromatic carbocycles. The van der Waals surface area contributed by atoms with Gasteiger partial charge < -0.3 is 14.2 Å². The number of cyclic esters (lactones) is 3. The molecule has 2 aliphatic heterocycles. The van der Waals surface area contributed by atoms with Gasteiger partial charge in [0.15, 0.2) is 6.79 Å². The van der Waals surface area contributed by atoms with Crippen LogP contribution in [0.25, 0.3) is 0 Å². The van der Waals surface area contributed by atoms with Crippen LogP contribution in [0.4, 0.5) is 0 Å². The normalized spacial score (nSPS) is 40.1. The standard InChI is InChI=1S/C12H14O6/c13-9-7-3-8(10(14)18-9)5-12(4-7)1-2-16-6-17-11(12)15/h7-8H,1-6H2. The van der Waals surface area contributed by atoms with Crippen molar-refractivity contribution in [1.82, 2.24) is 0 Å². The van der Waals surface area contributed by atoms with E-state index < -0.39 is 17.4 Å². The summed E-state index contributed by atoms with van der Waals surface area (Å²) < 4.78 is 14.8. The zero-order valence-electron chi connectivity index (χ0n) is 9.85. The van der Waals surface area contributed by atoms with Crippen molar-refractivity contribution in [3.05, 3.63) is 0 Å². The molecule has 2 atom stereocenters. The second-order valence-corrected chi connectivity index (χ2v) is 5.27. The number of carbonyl (C=O) groups excluding carboxylic acids is 3. The van der Waals surface area contributed by atoms with Crippen LogP contribution in [0.2, 0.25) is 0 Å². The van der Waals surface area contributed by atoms with Crippen molar-refractivity contribution in [3.63, 3.8) is 0 Å². The Kier molecular flexibility index (Phi) is 2.62. The van der Waals surface area contributed by atoms with Gasteiger partial charge >= 0.3 is 17.9 Å². The van der Waals surface area contributed by atoms with Crippen molar-refractivity contribution in [1.29, 1.82) is 0 Å². The molecular weight excluding hydrogens is 240 g/mol. The minimum Gasteiger partial charge on any atom is -0.438 e. The van der Waals surface area contributed by atoms with E-state index in [9.17, 15) is 14.4 Å². The first kappa shape index (κ1) is 11.6. The van der Waals surface area contributed by atoms with Gasteiger partial charge in [0.05, 0.1) is 23.9 Å². The third-order valence-corrected chi connectivity index (χ3v) is 4.14. The maximum Gasteiger partial charge on any atom is 0.316 e. The van der Waals surface area contributed by atoms with Crippen molar-refractivity contribution in [2.24, 2.45) is 17.3 Å². The summed E-state index contributed by atoms with van der Waals surface area (Å²) in [4.78, 5) is 35.3. The summed E-state index contributed by atoms with van der Waals surface area (Å²) in [6.07, 6.45) is 1.79. The molecule has 18 heavy (non-hydrogen) atoms. The monoisotopic (exact) mass is 254 g/mol. The van der Waals surface area contributed by atoms with E-state index in [1.165, 1.54) is 0 Å². The molecule has 6 nitrogen and oxygen atoms in total. The fourth-order valence-electron chi connectivity index (χ4n) is 3.21. The summed E-state index contributed by atoms with van der Waals surface area (Å²) in [6, 6.07) is 0. The highest BCUT2D eigenvalue weighted by Gasteiger charge is 2.54. The summed E-state index contributed by atoms with van der Waals surface area (Å²) in [5.41, 5.74) is -0.751. The van der Waals surface area contributed by atoms with Crippen molar-refractivity contribution in [2.45, 2.75) is 25.7 Å². The van der Waals surface area contributed by atoms with E-state index in [0.29, 0.717) is 32.3 Å². The number of carbonyl (C=O) groups is 3. The maximum absolute atomic E-state index is 12.1. The molecule has 3 fully saturated rings. The number of esters is 3. The molecule has 2 heterocycles. The van der Waals surface area contributed by atoms with E-state index in [2.05, 4.69) is 0 Å². The molecule has 1 aliphatic carbocycles. The highest BCUT2D eigenvalue weighted by molar-refractivity contribution is 5.92.